The van der Waals surface area contributed by atoms with Crippen LogP contribution in [0.1, 0.15) is 16.4 Å². The summed E-state index contributed by atoms with van der Waals surface area (Å²) in [4.78, 5) is 28.6. The number of hydrogen-bond donors (Lipinski definition) is 0. The van der Waals surface area contributed by atoms with Crippen molar-refractivity contribution < 1.29 is 18.8 Å². The molecule has 0 aliphatic heterocycles. The lowest BCUT2D eigenvalue weighted by molar-refractivity contribution is 0.0419. The molecule has 0 aliphatic rings. The second-order valence-corrected chi connectivity index (χ2v) is 7.46. The Hall–Kier alpha value is -3.79. The molecule has 0 atom stereocenters. The molecular formula is C22H17BrN4O5. The van der Waals surface area contributed by atoms with Crippen molar-refractivity contribution in [2.75, 3.05) is 6.61 Å². The quantitative estimate of drug-likeness (QED) is 0.341. The molecule has 0 N–H and O–H groups in total. The molecule has 2 aromatic heterocycles. The van der Waals surface area contributed by atoms with Crippen molar-refractivity contribution in [2.45, 2.75) is 13.2 Å². The third-order valence-corrected chi connectivity index (χ3v) is 4.76. The minimum absolute atomic E-state index is 0.0176. The molecule has 9 nitrogen and oxygen atoms in total. The van der Waals surface area contributed by atoms with Crippen molar-refractivity contribution in [3.63, 3.8) is 0 Å². The number of hydrogen-bond acceptors (Lipinski definition) is 8. The third kappa shape index (κ3) is 5.46. The lowest BCUT2D eigenvalue weighted by Crippen LogP contribution is -2.27. The zero-order valence-corrected chi connectivity index (χ0v) is 18.3. The van der Waals surface area contributed by atoms with Crippen LogP contribution in [0.25, 0.3) is 11.4 Å². The van der Waals surface area contributed by atoms with Crippen molar-refractivity contribution in [3.8, 4) is 17.1 Å². The molecule has 2 heterocycles. The fourth-order valence-electron chi connectivity index (χ4n) is 2.74. The number of ether oxygens (including phenoxy) is 2. The average Bonchev–Trinajstić information content (AvgIpc) is 3.29. The van der Waals surface area contributed by atoms with Gasteiger partial charge in [-0.15, -0.1) is 0 Å². The largest absolute Gasteiger partial charge is 0.492 e. The van der Waals surface area contributed by atoms with Gasteiger partial charge in [-0.25, -0.2) is 9.48 Å². The van der Waals surface area contributed by atoms with Crippen LogP contribution < -0.4 is 10.3 Å². The van der Waals surface area contributed by atoms with Gasteiger partial charge in [-0.3, -0.25) is 4.79 Å². The highest BCUT2D eigenvalue weighted by atomic mass is 79.9. The van der Waals surface area contributed by atoms with E-state index in [-0.39, 0.29) is 36.9 Å². The van der Waals surface area contributed by atoms with E-state index in [1.54, 1.807) is 0 Å². The number of aromatic nitrogens is 4. The molecule has 0 radical (unpaired) electrons. The molecule has 2 aromatic carbocycles. The minimum Gasteiger partial charge on any atom is -0.492 e. The van der Waals surface area contributed by atoms with Gasteiger partial charge in [-0.05, 0) is 30.3 Å². The molecule has 0 fully saturated rings. The summed E-state index contributed by atoms with van der Waals surface area (Å²) in [5.74, 6) is 0.475. The van der Waals surface area contributed by atoms with Crippen LogP contribution in [0.2, 0.25) is 0 Å². The van der Waals surface area contributed by atoms with E-state index in [4.69, 9.17) is 14.0 Å². The molecule has 32 heavy (non-hydrogen) atoms. The smallest absolute Gasteiger partial charge is 0.359 e. The van der Waals surface area contributed by atoms with Gasteiger partial charge in [-0.2, -0.15) is 10.1 Å². The standard InChI is InChI=1S/C22H17BrN4O5/c23-16-6-4-5-15(13-16)21-24-19(32-26-21)14-31-22(29)18-9-10-20(28)27(25-18)11-12-30-17-7-2-1-3-8-17/h1-10,13H,11-12,14H2. The Morgan fingerprint density at radius 2 is 1.91 bits per heavy atom. The number of benzene rings is 2. The van der Waals surface area contributed by atoms with Gasteiger partial charge in [-0.1, -0.05) is 51.4 Å². The summed E-state index contributed by atoms with van der Waals surface area (Å²) in [6.45, 7) is 0.169. The number of halogens is 1. The third-order valence-electron chi connectivity index (χ3n) is 4.27. The van der Waals surface area contributed by atoms with E-state index in [2.05, 4.69) is 31.2 Å². The van der Waals surface area contributed by atoms with Crippen LogP contribution in [0.3, 0.4) is 0 Å². The maximum atomic E-state index is 12.4. The number of para-hydroxylation sites is 1. The number of esters is 1. The van der Waals surface area contributed by atoms with Gasteiger partial charge in [0.25, 0.3) is 11.4 Å². The lowest BCUT2D eigenvalue weighted by atomic mass is 10.2. The molecule has 162 valence electrons. The van der Waals surface area contributed by atoms with Gasteiger partial charge in [0.15, 0.2) is 12.3 Å². The molecule has 0 bridgehead atoms. The molecule has 0 saturated carbocycles. The molecular weight excluding hydrogens is 480 g/mol. The maximum absolute atomic E-state index is 12.4. The van der Waals surface area contributed by atoms with Crippen LogP contribution in [0, 0.1) is 0 Å². The lowest BCUT2D eigenvalue weighted by Gasteiger charge is -2.08. The highest BCUT2D eigenvalue weighted by Crippen LogP contribution is 2.20. The topological polar surface area (TPSA) is 109 Å². The maximum Gasteiger partial charge on any atom is 0.359 e. The summed E-state index contributed by atoms with van der Waals surface area (Å²) in [6.07, 6.45) is 0. The zero-order chi connectivity index (χ0) is 22.3. The minimum atomic E-state index is -0.718. The fourth-order valence-corrected chi connectivity index (χ4v) is 3.14. The fraction of sp³-hybridized carbons (Fsp3) is 0.136. The summed E-state index contributed by atoms with van der Waals surface area (Å²) in [5.41, 5.74) is 0.386. The Bertz CT molecular complexity index is 1270. The summed E-state index contributed by atoms with van der Waals surface area (Å²) in [7, 11) is 0. The van der Waals surface area contributed by atoms with Gasteiger partial charge in [0, 0.05) is 16.1 Å². The summed E-state index contributed by atoms with van der Waals surface area (Å²) in [6, 6.07) is 19.2. The highest BCUT2D eigenvalue weighted by Gasteiger charge is 2.15. The highest BCUT2D eigenvalue weighted by molar-refractivity contribution is 9.10. The zero-order valence-electron chi connectivity index (χ0n) is 16.7. The van der Waals surface area contributed by atoms with E-state index >= 15 is 0 Å². The van der Waals surface area contributed by atoms with Crippen LogP contribution >= 0.6 is 15.9 Å². The predicted octanol–water partition coefficient (Wildman–Crippen LogP) is 3.49. The second-order valence-electron chi connectivity index (χ2n) is 6.54. The van der Waals surface area contributed by atoms with Crippen molar-refractivity contribution in [3.05, 3.63) is 93.1 Å². The Balaban J connectivity index is 1.35. The Morgan fingerprint density at radius 1 is 1.06 bits per heavy atom. The first kappa shape index (κ1) is 21.4. The monoisotopic (exact) mass is 496 g/mol. The first-order chi connectivity index (χ1) is 15.6. The number of rotatable bonds is 8. The van der Waals surface area contributed by atoms with Gasteiger partial charge in [0.2, 0.25) is 5.82 Å². The van der Waals surface area contributed by atoms with Crippen molar-refractivity contribution in [2.24, 2.45) is 0 Å². The van der Waals surface area contributed by atoms with E-state index in [0.717, 1.165) is 14.7 Å². The van der Waals surface area contributed by atoms with E-state index < -0.39 is 5.97 Å². The van der Waals surface area contributed by atoms with E-state index in [1.807, 2.05) is 54.6 Å². The Morgan fingerprint density at radius 3 is 2.72 bits per heavy atom. The summed E-state index contributed by atoms with van der Waals surface area (Å²) in [5, 5.41) is 7.95. The Labute approximate surface area is 190 Å². The average molecular weight is 497 g/mol. The van der Waals surface area contributed by atoms with Crippen LogP contribution in [-0.4, -0.2) is 32.5 Å². The molecule has 0 unspecified atom stereocenters. The number of carbonyl (C=O) groups excluding carboxylic acids is 1. The van der Waals surface area contributed by atoms with Crippen LogP contribution in [0.5, 0.6) is 5.75 Å². The molecule has 0 aliphatic carbocycles. The molecule has 10 heteroatoms. The first-order valence-electron chi connectivity index (χ1n) is 9.60. The van der Waals surface area contributed by atoms with Crippen LogP contribution in [0.15, 0.2) is 80.5 Å². The Kier molecular flexibility index (Phi) is 6.71. The second kappa shape index (κ2) is 10.0. The molecule has 4 aromatic rings. The van der Waals surface area contributed by atoms with Gasteiger partial charge in [0.1, 0.15) is 12.4 Å². The van der Waals surface area contributed by atoms with Gasteiger partial charge < -0.3 is 14.0 Å². The first-order valence-corrected chi connectivity index (χ1v) is 10.4. The van der Waals surface area contributed by atoms with Gasteiger partial charge >= 0.3 is 5.97 Å². The predicted molar refractivity (Wildman–Crippen MR) is 117 cm³/mol. The van der Waals surface area contributed by atoms with Crippen molar-refractivity contribution >= 4 is 21.9 Å². The normalized spacial score (nSPS) is 10.7. The van der Waals surface area contributed by atoms with E-state index in [1.165, 1.54) is 12.1 Å². The SMILES string of the molecule is O=C(OCc1nc(-c2cccc(Br)c2)no1)c1ccc(=O)n(CCOc2ccccc2)n1. The number of nitrogens with zero attached hydrogens (tertiary/aromatic N) is 4. The summed E-state index contributed by atoms with van der Waals surface area (Å²) < 4.78 is 17.9. The summed E-state index contributed by atoms with van der Waals surface area (Å²) >= 11 is 3.39. The van der Waals surface area contributed by atoms with Gasteiger partial charge in [0.05, 0.1) is 6.54 Å². The van der Waals surface area contributed by atoms with Crippen molar-refractivity contribution in [1.29, 1.82) is 0 Å². The molecule has 0 spiro atoms. The molecule has 0 saturated heterocycles. The van der Waals surface area contributed by atoms with Crippen LogP contribution in [-0.2, 0) is 17.9 Å². The molecule has 0 amide bonds. The van der Waals surface area contributed by atoms with E-state index in [9.17, 15) is 9.59 Å². The van der Waals surface area contributed by atoms with Crippen molar-refractivity contribution in [1.82, 2.24) is 19.9 Å². The van der Waals surface area contributed by atoms with Crippen LogP contribution in [0.4, 0.5) is 0 Å². The number of carbonyl (C=O) groups is 1. The van der Waals surface area contributed by atoms with E-state index in [0.29, 0.717) is 11.6 Å². The molecule has 4 rings (SSSR count).